The molecule has 1 heterocycles. The van der Waals surface area contributed by atoms with Crippen molar-refractivity contribution in [3.05, 3.63) is 33.2 Å². The molecular formula is C11H8BrNO3S. The third-order valence-electron chi connectivity index (χ3n) is 2.19. The SMILES string of the molecule is Cc1nc(-c2ccc(O)c(Br)c2)sc1C(=O)O. The number of aromatic hydroxyl groups is 1. The lowest BCUT2D eigenvalue weighted by Gasteiger charge is -1.99. The molecule has 0 saturated carbocycles. The predicted octanol–water partition coefficient (Wildman–Crippen LogP) is 3.28. The Labute approximate surface area is 110 Å². The average molecular weight is 314 g/mol. The van der Waals surface area contributed by atoms with Crippen LogP contribution in [0.3, 0.4) is 0 Å². The first-order valence-electron chi connectivity index (χ1n) is 4.68. The van der Waals surface area contributed by atoms with Crippen LogP contribution in [0.1, 0.15) is 15.4 Å². The molecule has 1 aromatic carbocycles. The number of hydrogen-bond donors (Lipinski definition) is 2. The Morgan fingerprint density at radius 3 is 2.71 bits per heavy atom. The van der Waals surface area contributed by atoms with Crippen molar-refractivity contribution in [1.29, 1.82) is 0 Å². The highest BCUT2D eigenvalue weighted by Crippen LogP contribution is 2.33. The maximum Gasteiger partial charge on any atom is 0.347 e. The molecule has 0 fully saturated rings. The lowest BCUT2D eigenvalue weighted by Crippen LogP contribution is -1.94. The molecule has 0 amide bonds. The summed E-state index contributed by atoms with van der Waals surface area (Å²) >= 11 is 4.33. The molecule has 0 aliphatic heterocycles. The van der Waals surface area contributed by atoms with Crippen molar-refractivity contribution in [2.24, 2.45) is 0 Å². The number of nitrogens with zero attached hydrogens (tertiary/aromatic N) is 1. The van der Waals surface area contributed by atoms with Gasteiger partial charge in [-0.3, -0.25) is 0 Å². The largest absolute Gasteiger partial charge is 0.507 e. The number of aromatic carboxylic acids is 1. The van der Waals surface area contributed by atoms with Gasteiger partial charge in [-0.15, -0.1) is 11.3 Å². The van der Waals surface area contributed by atoms with Gasteiger partial charge < -0.3 is 10.2 Å². The smallest absolute Gasteiger partial charge is 0.347 e. The van der Waals surface area contributed by atoms with Gasteiger partial charge in [0.2, 0.25) is 0 Å². The minimum atomic E-state index is -0.968. The first kappa shape index (κ1) is 12.1. The lowest BCUT2D eigenvalue weighted by atomic mass is 10.2. The summed E-state index contributed by atoms with van der Waals surface area (Å²) in [5.74, 6) is -0.829. The summed E-state index contributed by atoms with van der Waals surface area (Å²) in [7, 11) is 0. The molecule has 0 bridgehead atoms. The number of phenols is 1. The van der Waals surface area contributed by atoms with Crippen LogP contribution in [0.4, 0.5) is 0 Å². The Balaban J connectivity index is 2.50. The lowest BCUT2D eigenvalue weighted by molar-refractivity contribution is 0.0701. The fourth-order valence-corrected chi connectivity index (χ4v) is 2.64. The summed E-state index contributed by atoms with van der Waals surface area (Å²) in [6, 6.07) is 4.94. The van der Waals surface area contributed by atoms with Gasteiger partial charge in [-0.2, -0.15) is 0 Å². The van der Waals surface area contributed by atoms with Gasteiger partial charge in [-0.25, -0.2) is 9.78 Å². The minimum absolute atomic E-state index is 0.139. The van der Waals surface area contributed by atoms with E-state index in [0.29, 0.717) is 15.2 Å². The van der Waals surface area contributed by atoms with Crippen molar-refractivity contribution in [3.8, 4) is 16.3 Å². The third kappa shape index (κ3) is 2.32. The molecule has 0 aliphatic rings. The highest BCUT2D eigenvalue weighted by molar-refractivity contribution is 9.10. The molecule has 17 heavy (non-hydrogen) atoms. The van der Waals surface area contributed by atoms with Crippen molar-refractivity contribution < 1.29 is 15.0 Å². The molecule has 0 unspecified atom stereocenters. The van der Waals surface area contributed by atoms with Crippen LogP contribution in [-0.2, 0) is 0 Å². The van der Waals surface area contributed by atoms with Crippen LogP contribution < -0.4 is 0 Å². The quantitative estimate of drug-likeness (QED) is 0.892. The van der Waals surface area contributed by atoms with Crippen LogP contribution in [0.25, 0.3) is 10.6 Å². The number of carboxylic acid groups (broad SMARTS) is 1. The van der Waals surface area contributed by atoms with E-state index in [1.54, 1.807) is 19.1 Å². The van der Waals surface area contributed by atoms with E-state index in [9.17, 15) is 9.90 Å². The fourth-order valence-electron chi connectivity index (χ4n) is 1.36. The van der Waals surface area contributed by atoms with Crippen LogP contribution in [0.15, 0.2) is 22.7 Å². The van der Waals surface area contributed by atoms with Crippen LogP contribution in [0.2, 0.25) is 0 Å². The van der Waals surface area contributed by atoms with Crippen molar-refractivity contribution in [2.75, 3.05) is 0 Å². The molecule has 2 aromatic rings. The first-order chi connectivity index (χ1) is 7.99. The van der Waals surface area contributed by atoms with Gasteiger partial charge in [0, 0.05) is 5.56 Å². The number of rotatable bonds is 2. The standard InChI is InChI=1S/C11H8BrNO3S/c1-5-9(11(15)16)17-10(13-5)6-2-3-8(14)7(12)4-6/h2-4,14H,1H3,(H,15,16). The second-order valence-corrected chi connectivity index (χ2v) is 5.26. The Hall–Kier alpha value is -1.40. The van der Waals surface area contributed by atoms with Crippen LogP contribution >= 0.6 is 27.3 Å². The van der Waals surface area contributed by atoms with Gasteiger partial charge in [-0.05, 0) is 41.1 Å². The van der Waals surface area contributed by atoms with E-state index in [2.05, 4.69) is 20.9 Å². The summed E-state index contributed by atoms with van der Waals surface area (Å²) in [5, 5.41) is 19.0. The number of phenolic OH excluding ortho intramolecular Hbond substituents is 1. The van der Waals surface area contributed by atoms with Gasteiger partial charge in [0.15, 0.2) is 0 Å². The van der Waals surface area contributed by atoms with E-state index in [1.807, 2.05) is 0 Å². The number of benzene rings is 1. The van der Waals surface area contributed by atoms with E-state index >= 15 is 0 Å². The Morgan fingerprint density at radius 1 is 1.47 bits per heavy atom. The molecule has 0 radical (unpaired) electrons. The summed E-state index contributed by atoms with van der Waals surface area (Å²) in [6.07, 6.45) is 0. The maximum atomic E-state index is 10.9. The molecule has 1 aromatic heterocycles. The molecule has 0 atom stereocenters. The van der Waals surface area contributed by atoms with Gasteiger partial charge >= 0.3 is 5.97 Å². The summed E-state index contributed by atoms with van der Waals surface area (Å²) in [4.78, 5) is 15.4. The number of aromatic nitrogens is 1. The van der Waals surface area contributed by atoms with Crippen LogP contribution in [0, 0.1) is 6.92 Å². The number of hydrogen-bond acceptors (Lipinski definition) is 4. The zero-order chi connectivity index (χ0) is 12.6. The van der Waals surface area contributed by atoms with Gasteiger partial charge in [0.25, 0.3) is 0 Å². The van der Waals surface area contributed by atoms with E-state index in [-0.39, 0.29) is 10.6 Å². The van der Waals surface area contributed by atoms with Crippen molar-refractivity contribution in [1.82, 2.24) is 4.98 Å². The molecule has 88 valence electrons. The van der Waals surface area contributed by atoms with Crippen LogP contribution in [-0.4, -0.2) is 21.2 Å². The average Bonchev–Trinajstić information content (AvgIpc) is 2.64. The number of carbonyl (C=O) groups is 1. The van der Waals surface area contributed by atoms with E-state index in [1.165, 1.54) is 6.07 Å². The molecule has 0 aliphatic carbocycles. The highest BCUT2D eigenvalue weighted by atomic mass is 79.9. The van der Waals surface area contributed by atoms with E-state index in [4.69, 9.17) is 5.11 Å². The van der Waals surface area contributed by atoms with Gasteiger partial charge in [-0.1, -0.05) is 0 Å². The zero-order valence-electron chi connectivity index (χ0n) is 8.77. The maximum absolute atomic E-state index is 10.9. The molecule has 4 nitrogen and oxygen atoms in total. The summed E-state index contributed by atoms with van der Waals surface area (Å²) < 4.78 is 0.555. The van der Waals surface area contributed by atoms with Crippen molar-refractivity contribution in [2.45, 2.75) is 6.92 Å². The Kier molecular flexibility index (Phi) is 3.17. The molecule has 2 rings (SSSR count). The predicted molar refractivity (Wildman–Crippen MR) is 68.6 cm³/mol. The van der Waals surface area contributed by atoms with E-state index < -0.39 is 5.97 Å². The van der Waals surface area contributed by atoms with Crippen molar-refractivity contribution in [3.63, 3.8) is 0 Å². The molecule has 6 heteroatoms. The zero-order valence-corrected chi connectivity index (χ0v) is 11.2. The highest BCUT2D eigenvalue weighted by Gasteiger charge is 2.15. The molecule has 0 spiro atoms. The minimum Gasteiger partial charge on any atom is -0.507 e. The normalized spacial score (nSPS) is 10.5. The fraction of sp³-hybridized carbons (Fsp3) is 0.0909. The van der Waals surface area contributed by atoms with Crippen LogP contribution in [0.5, 0.6) is 5.75 Å². The van der Waals surface area contributed by atoms with Crippen molar-refractivity contribution >= 4 is 33.2 Å². The molecule has 2 N–H and O–H groups in total. The number of carboxylic acids is 1. The summed E-state index contributed by atoms with van der Waals surface area (Å²) in [5.41, 5.74) is 1.27. The third-order valence-corrected chi connectivity index (χ3v) is 4.02. The second-order valence-electron chi connectivity index (χ2n) is 3.40. The molecule has 0 saturated heterocycles. The van der Waals surface area contributed by atoms with E-state index in [0.717, 1.165) is 16.9 Å². The number of thiazole rings is 1. The topological polar surface area (TPSA) is 70.4 Å². The Bertz CT molecular complexity index is 594. The Morgan fingerprint density at radius 2 is 2.18 bits per heavy atom. The number of aryl methyl sites for hydroxylation is 1. The monoisotopic (exact) mass is 313 g/mol. The number of halogens is 1. The molecular weight excluding hydrogens is 306 g/mol. The van der Waals surface area contributed by atoms with Gasteiger partial charge in [0.05, 0.1) is 10.2 Å². The second kappa shape index (κ2) is 4.46. The summed E-state index contributed by atoms with van der Waals surface area (Å²) in [6.45, 7) is 1.67. The first-order valence-corrected chi connectivity index (χ1v) is 6.29. The van der Waals surface area contributed by atoms with Gasteiger partial charge in [0.1, 0.15) is 15.6 Å².